The van der Waals surface area contributed by atoms with Crippen molar-refractivity contribution < 1.29 is 28.6 Å². The van der Waals surface area contributed by atoms with Gasteiger partial charge in [0.1, 0.15) is 19.1 Å². The van der Waals surface area contributed by atoms with E-state index in [0.717, 1.165) is 4.57 Å². The molecule has 3 aromatic rings. The minimum Gasteiger partial charge on any atom is -0.453 e. The molecule has 10 nitrogen and oxygen atoms in total. The number of hydrogen-bond donors (Lipinski definition) is 0. The van der Waals surface area contributed by atoms with Crippen LogP contribution in [0.3, 0.4) is 0 Å². The number of Topliss-reactive ketones (excluding diaryl/α,β-unsaturated/α-hetero) is 1. The predicted molar refractivity (Wildman–Crippen MR) is 127 cm³/mol. The number of carbonyl (C=O) groups is 3. The van der Waals surface area contributed by atoms with E-state index in [4.69, 9.17) is 14.2 Å². The summed E-state index contributed by atoms with van der Waals surface area (Å²) in [6.45, 7) is 0.757. The molecule has 0 radical (unpaired) electrons. The molecule has 1 saturated heterocycles. The van der Waals surface area contributed by atoms with Crippen molar-refractivity contribution in [3.05, 3.63) is 104 Å². The second-order valence-corrected chi connectivity index (χ2v) is 8.19. The van der Waals surface area contributed by atoms with Crippen LogP contribution in [-0.4, -0.2) is 46.2 Å². The summed E-state index contributed by atoms with van der Waals surface area (Å²) in [7, 11) is 0. The molecule has 2 heterocycles. The zero-order valence-corrected chi connectivity index (χ0v) is 19.4. The molecular weight excluding hydrogens is 468 g/mol. The van der Waals surface area contributed by atoms with Crippen molar-refractivity contribution in [2.75, 3.05) is 6.61 Å². The number of rotatable bonds is 9. The fourth-order valence-electron chi connectivity index (χ4n) is 3.91. The van der Waals surface area contributed by atoms with Gasteiger partial charge in [0.15, 0.2) is 18.2 Å². The standard InChI is InChI=1S/C26H24N2O8/c1-17-15-27(26(33)28(23(17)31)16-20(30)18-8-4-2-5-9-18)22-14-21(25(36-22)34-13-12-29)35-24(32)19-10-6-3-7-11-19/h2-12,15,21-22,25H,13-14,16H2,1H3. The highest BCUT2D eigenvalue weighted by molar-refractivity contribution is 5.95. The molecule has 1 aromatic heterocycles. The van der Waals surface area contributed by atoms with Crippen molar-refractivity contribution in [3.63, 3.8) is 0 Å². The van der Waals surface area contributed by atoms with E-state index >= 15 is 0 Å². The second-order valence-electron chi connectivity index (χ2n) is 8.19. The van der Waals surface area contributed by atoms with Gasteiger partial charge in [0.2, 0.25) is 0 Å². The molecule has 3 unspecified atom stereocenters. The first kappa shape index (κ1) is 25.0. The monoisotopic (exact) mass is 492 g/mol. The number of aromatic nitrogens is 2. The molecule has 0 spiro atoms. The highest BCUT2D eigenvalue weighted by Gasteiger charge is 2.40. The molecule has 0 saturated carbocycles. The first-order chi connectivity index (χ1) is 17.4. The third kappa shape index (κ3) is 5.40. The zero-order valence-electron chi connectivity index (χ0n) is 19.4. The molecule has 0 amide bonds. The fraction of sp³-hybridized carbons (Fsp3) is 0.269. The van der Waals surface area contributed by atoms with Crippen LogP contribution in [0.25, 0.3) is 0 Å². The van der Waals surface area contributed by atoms with Gasteiger partial charge < -0.3 is 19.0 Å². The lowest BCUT2D eigenvalue weighted by Crippen LogP contribution is -2.43. The Hall–Kier alpha value is -4.15. The number of hydrogen-bond acceptors (Lipinski definition) is 8. The Morgan fingerprint density at radius 1 is 1.03 bits per heavy atom. The topological polar surface area (TPSA) is 123 Å². The first-order valence-electron chi connectivity index (χ1n) is 11.3. The number of aldehydes is 1. The van der Waals surface area contributed by atoms with Crippen molar-refractivity contribution >= 4 is 18.0 Å². The lowest BCUT2D eigenvalue weighted by molar-refractivity contribution is -0.177. The van der Waals surface area contributed by atoms with Gasteiger partial charge in [0, 0.05) is 23.7 Å². The minimum atomic E-state index is -1.12. The Morgan fingerprint density at radius 3 is 2.31 bits per heavy atom. The molecule has 1 fully saturated rings. The highest BCUT2D eigenvalue weighted by atomic mass is 16.7. The molecule has 10 heteroatoms. The normalized spacial score (nSPS) is 19.1. The van der Waals surface area contributed by atoms with Crippen molar-refractivity contribution in [2.45, 2.75) is 38.5 Å². The Balaban J connectivity index is 1.61. The lowest BCUT2D eigenvalue weighted by Gasteiger charge is -2.18. The van der Waals surface area contributed by atoms with Gasteiger partial charge in [-0.05, 0) is 19.1 Å². The van der Waals surface area contributed by atoms with Crippen LogP contribution < -0.4 is 11.2 Å². The number of ketones is 1. The number of benzene rings is 2. The molecule has 3 atom stereocenters. The van der Waals surface area contributed by atoms with Crippen molar-refractivity contribution in [2.24, 2.45) is 0 Å². The highest BCUT2D eigenvalue weighted by Crippen LogP contribution is 2.31. The predicted octanol–water partition coefficient (Wildman–Crippen LogP) is 1.89. The number of aryl methyl sites for hydroxylation is 1. The van der Waals surface area contributed by atoms with Gasteiger partial charge >= 0.3 is 11.7 Å². The number of esters is 1. The van der Waals surface area contributed by atoms with E-state index in [1.54, 1.807) is 60.7 Å². The second kappa shape index (κ2) is 11.1. The van der Waals surface area contributed by atoms with Gasteiger partial charge in [-0.2, -0.15) is 0 Å². The zero-order chi connectivity index (χ0) is 25.7. The van der Waals surface area contributed by atoms with Crippen LogP contribution in [0.2, 0.25) is 0 Å². The number of carbonyl (C=O) groups excluding carboxylic acids is 3. The van der Waals surface area contributed by atoms with Gasteiger partial charge in [0.25, 0.3) is 5.56 Å². The fourth-order valence-corrected chi connectivity index (χ4v) is 3.91. The quantitative estimate of drug-likeness (QED) is 0.252. The van der Waals surface area contributed by atoms with Crippen molar-refractivity contribution in [1.29, 1.82) is 0 Å². The summed E-state index contributed by atoms with van der Waals surface area (Å²) in [5, 5.41) is 0. The molecular formula is C26H24N2O8. The Labute approximate surface area is 205 Å². The van der Waals surface area contributed by atoms with Crippen LogP contribution >= 0.6 is 0 Å². The third-order valence-corrected chi connectivity index (χ3v) is 5.70. The first-order valence-corrected chi connectivity index (χ1v) is 11.3. The molecule has 186 valence electrons. The minimum absolute atomic E-state index is 0.0201. The van der Waals surface area contributed by atoms with Gasteiger partial charge in [-0.3, -0.25) is 18.7 Å². The van der Waals surface area contributed by atoms with E-state index < -0.39 is 48.2 Å². The maximum absolute atomic E-state index is 13.3. The maximum atomic E-state index is 13.3. The average molecular weight is 492 g/mol. The largest absolute Gasteiger partial charge is 0.453 e. The molecule has 4 rings (SSSR count). The van der Waals surface area contributed by atoms with Crippen LogP contribution in [0, 0.1) is 6.92 Å². The van der Waals surface area contributed by atoms with E-state index in [9.17, 15) is 24.0 Å². The molecule has 0 aliphatic carbocycles. The summed E-state index contributed by atoms with van der Waals surface area (Å²) in [5.74, 6) is -1.02. The maximum Gasteiger partial charge on any atom is 0.338 e. The van der Waals surface area contributed by atoms with Crippen molar-refractivity contribution in [3.8, 4) is 0 Å². The Bertz CT molecular complexity index is 1360. The van der Waals surface area contributed by atoms with Gasteiger partial charge in [-0.15, -0.1) is 0 Å². The Morgan fingerprint density at radius 2 is 1.67 bits per heavy atom. The van der Waals surface area contributed by atoms with Gasteiger partial charge in [-0.25, -0.2) is 9.59 Å². The van der Waals surface area contributed by atoms with E-state index in [-0.39, 0.29) is 18.6 Å². The third-order valence-electron chi connectivity index (χ3n) is 5.70. The molecule has 1 aliphatic rings. The molecule has 0 N–H and O–H groups in total. The van der Waals surface area contributed by atoms with Crippen LogP contribution in [0.1, 0.15) is 38.9 Å². The van der Waals surface area contributed by atoms with Crippen LogP contribution in [0.4, 0.5) is 0 Å². The van der Waals surface area contributed by atoms with Gasteiger partial charge in [-0.1, -0.05) is 48.5 Å². The average Bonchev–Trinajstić information content (AvgIpc) is 3.30. The number of ether oxygens (including phenoxy) is 3. The summed E-state index contributed by atoms with van der Waals surface area (Å²) < 4.78 is 18.8. The molecule has 36 heavy (non-hydrogen) atoms. The smallest absolute Gasteiger partial charge is 0.338 e. The van der Waals surface area contributed by atoms with E-state index in [1.807, 2.05) is 0 Å². The molecule has 1 aliphatic heterocycles. The summed E-state index contributed by atoms with van der Waals surface area (Å²) in [5.41, 5.74) is -0.460. The summed E-state index contributed by atoms with van der Waals surface area (Å²) in [6, 6.07) is 16.6. The van der Waals surface area contributed by atoms with Crippen LogP contribution in [0.5, 0.6) is 0 Å². The summed E-state index contributed by atoms with van der Waals surface area (Å²) >= 11 is 0. The van der Waals surface area contributed by atoms with Crippen LogP contribution in [-0.2, 0) is 25.5 Å². The van der Waals surface area contributed by atoms with E-state index in [2.05, 4.69) is 0 Å². The van der Waals surface area contributed by atoms with E-state index in [1.165, 1.54) is 17.7 Å². The lowest BCUT2D eigenvalue weighted by atomic mass is 10.1. The summed E-state index contributed by atoms with van der Waals surface area (Å²) in [4.78, 5) is 62.1. The summed E-state index contributed by atoms with van der Waals surface area (Å²) in [6.07, 6.45) is -1.14. The molecule has 0 bridgehead atoms. The number of nitrogens with zero attached hydrogens (tertiary/aromatic N) is 2. The van der Waals surface area contributed by atoms with Crippen molar-refractivity contribution in [1.82, 2.24) is 9.13 Å². The van der Waals surface area contributed by atoms with E-state index in [0.29, 0.717) is 17.4 Å². The Kier molecular flexibility index (Phi) is 7.67. The molecule has 2 aromatic carbocycles. The van der Waals surface area contributed by atoms with Crippen LogP contribution in [0.15, 0.2) is 76.4 Å². The SMILES string of the molecule is Cc1cn(C2CC(OC(=O)c3ccccc3)C(OCC=O)O2)c(=O)n(CC(=O)c2ccccc2)c1=O. The van der Waals surface area contributed by atoms with Gasteiger partial charge in [0.05, 0.1) is 12.1 Å².